The van der Waals surface area contributed by atoms with Crippen LogP contribution in [0.3, 0.4) is 0 Å². The van der Waals surface area contributed by atoms with Gasteiger partial charge in [-0.05, 0) is 18.1 Å². The highest BCUT2D eigenvalue weighted by molar-refractivity contribution is 6.06. The molecule has 1 atom stereocenters. The third-order valence-electron chi connectivity index (χ3n) is 2.66. The molecular formula is C12H18N6O3. The number of aromatic amines is 1. The Morgan fingerprint density at radius 2 is 1.81 bits per heavy atom. The van der Waals surface area contributed by atoms with Crippen LogP contribution in [0.2, 0.25) is 0 Å². The minimum absolute atomic E-state index is 0.0962. The molecule has 3 amide bonds. The van der Waals surface area contributed by atoms with Crippen molar-refractivity contribution in [3.05, 3.63) is 17.8 Å². The summed E-state index contributed by atoms with van der Waals surface area (Å²) >= 11 is 0. The number of nitrogens with one attached hydrogen (secondary N) is 2. The monoisotopic (exact) mass is 294 g/mol. The molecule has 0 aromatic carbocycles. The highest BCUT2D eigenvalue weighted by Crippen LogP contribution is 2.15. The maximum Gasteiger partial charge on any atom is 0.296 e. The molecule has 0 aliphatic carbocycles. The van der Waals surface area contributed by atoms with Gasteiger partial charge in [-0.25, -0.2) is 0 Å². The lowest BCUT2D eigenvalue weighted by atomic mass is 9.94. The minimum Gasteiger partial charge on any atom is -0.370 e. The van der Waals surface area contributed by atoms with Crippen LogP contribution < -0.4 is 22.5 Å². The lowest BCUT2D eigenvalue weighted by Crippen LogP contribution is -2.37. The van der Waals surface area contributed by atoms with Crippen molar-refractivity contribution >= 4 is 29.5 Å². The lowest BCUT2D eigenvalue weighted by Gasteiger charge is -2.16. The van der Waals surface area contributed by atoms with E-state index in [9.17, 15) is 14.4 Å². The predicted molar refractivity (Wildman–Crippen MR) is 77.1 cm³/mol. The molecule has 0 aliphatic rings. The minimum atomic E-state index is -0.967. The van der Waals surface area contributed by atoms with E-state index in [1.807, 2.05) is 0 Å². The summed E-state index contributed by atoms with van der Waals surface area (Å²) in [5.41, 5.74) is 15.5. The molecule has 0 unspecified atom stereocenters. The van der Waals surface area contributed by atoms with Gasteiger partial charge in [0.05, 0.1) is 0 Å². The Bertz CT molecular complexity index is 586. The average Bonchev–Trinajstić information content (AvgIpc) is 2.75. The molecule has 0 saturated carbocycles. The molecule has 0 bridgehead atoms. The average molecular weight is 294 g/mol. The van der Waals surface area contributed by atoms with E-state index in [1.165, 1.54) is 12.1 Å². The zero-order valence-electron chi connectivity index (χ0n) is 11.7. The predicted octanol–water partition coefficient (Wildman–Crippen LogP) is -0.876. The third kappa shape index (κ3) is 4.34. The first-order chi connectivity index (χ1) is 9.72. The van der Waals surface area contributed by atoms with Crippen LogP contribution in [0, 0.1) is 11.8 Å². The Morgan fingerprint density at radius 1 is 1.19 bits per heavy atom. The fourth-order valence-electron chi connectivity index (χ4n) is 1.74. The van der Waals surface area contributed by atoms with E-state index in [4.69, 9.17) is 17.2 Å². The number of H-pyrrole nitrogens is 1. The summed E-state index contributed by atoms with van der Waals surface area (Å²) in [7, 11) is 0. The zero-order chi connectivity index (χ0) is 16.2. The molecule has 0 saturated heterocycles. The molecule has 8 N–H and O–H groups in total. The number of aromatic nitrogens is 1. The van der Waals surface area contributed by atoms with Gasteiger partial charge in [0, 0.05) is 0 Å². The summed E-state index contributed by atoms with van der Waals surface area (Å²) in [4.78, 5) is 40.7. The van der Waals surface area contributed by atoms with Crippen LogP contribution in [0.5, 0.6) is 0 Å². The van der Waals surface area contributed by atoms with E-state index in [2.05, 4.69) is 15.3 Å². The molecule has 1 aromatic rings. The van der Waals surface area contributed by atoms with Crippen LogP contribution in [0.25, 0.3) is 0 Å². The van der Waals surface area contributed by atoms with Gasteiger partial charge in [0.2, 0.25) is 11.8 Å². The molecule has 1 aromatic heterocycles. The summed E-state index contributed by atoms with van der Waals surface area (Å²) in [6, 6.07) is 2.85. The molecule has 114 valence electrons. The molecule has 0 fully saturated rings. The Hall–Kier alpha value is -2.84. The highest BCUT2D eigenvalue weighted by atomic mass is 16.2. The van der Waals surface area contributed by atoms with Gasteiger partial charge in [0.25, 0.3) is 5.91 Å². The largest absolute Gasteiger partial charge is 0.370 e. The van der Waals surface area contributed by atoms with E-state index in [0.717, 1.165) is 0 Å². The first-order valence-electron chi connectivity index (χ1n) is 6.15. The molecule has 0 spiro atoms. The van der Waals surface area contributed by atoms with Crippen molar-refractivity contribution in [2.75, 3.05) is 5.32 Å². The fraction of sp³-hybridized carbons (Fsp3) is 0.333. The molecule has 0 radical (unpaired) electrons. The van der Waals surface area contributed by atoms with Crippen molar-refractivity contribution in [3.63, 3.8) is 0 Å². The van der Waals surface area contributed by atoms with E-state index < -0.39 is 23.6 Å². The summed E-state index contributed by atoms with van der Waals surface area (Å²) in [5, 5.41) is 2.47. The van der Waals surface area contributed by atoms with Gasteiger partial charge >= 0.3 is 0 Å². The number of primary amides is 1. The summed E-state index contributed by atoms with van der Waals surface area (Å²) in [6.45, 7) is 3.41. The number of anilines is 1. The molecule has 1 rings (SSSR count). The SMILES string of the molecule is CC(C)[C@H](C(N)=O)C(=O)Nc1ccc(C(=O)N=C(N)N)[nH]1. The molecular weight excluding hydrogens is 276 g/mol. The number of amides is 3. The van der Waals surface area contributed by atoms with Gasteiger partial charge in [-0.1, -0.05) is 13.8 Å². The van der Waals surface area contributed by atoms with Gasteiger partial charge in [-0.3, -0.25) is 14.4 Å². The van der Waals surface area contributed by atoms with Crippen molar-refractivity contribution < 1.29 is 14.4 Å². The number of hydrogen-bond donors (Lipinski definition) is 5. The number of hydrogen-bond acceptors (Lipinski definition) is 3. The maximum absolute atomic E-state index is 12.0. The second kappa shape index (κ2) is 6.55. The van der Waals surface area contributed by atoms with Gasteiger partial charge in [-0.2, -0.15) is 4.99 Å². The van der Waals surface area contributed by atoms with Crippen molar-refractivity contribution in [1.82, 2.24) is 4.98 Å². The number of nitrogens with two attached hydrogens (primary N) is 3. The lowest BCUT2D eigenvalue weighted by molar-refractivity contribution is -0.132. The van der Waals surface area contributed by atoms with Crippen molar-refractivity contribution in [1.29, 1.82) is 0 Å². The molecule has 21 heavy (non-hydrogen) atoms. The van der Waals surface area contributed by atoms with Crippen LogP contribution in [0.1, 0.15) is 24.3 Å². The first-order valence-corrected chi connectivity index (χ1v) is 6.15. The molecule has 9 nitrogen and oxygen atoms in total. The first kappa shape index (κ1) is 16.2. The van der Waals surface area contributed by atoms with E-state index in [1.54, 1.807) is 13.8 Å². The molecule has 9 heteroatoms. The smallest absolute Gasteiger partial charge is 0.296 e. The standard InChI is InChI=1S/C12H18N6O3/c1-5(2)8(9(13)19)11(21)17-7-4-3-6(16-7)10(20)18-12(14)15/h3-5,8,16H,1-2H3,(H2,13,19)(H,17,21)(H4,14,15,18,20)/t8-/m1/s1. The van der Waals surface area contributed by atoms with E-state index >= 15 is 0 Å². The summed E-state index contributed by atoms with van der Waals surface area (Å²) in [6.07, 6.45) is 0. The van der Waals surface area contributed by atoms with Gasteiger partial charge < -0.3 is 27.5 Å². The third-order valence-corrected chi connectivity index (χ3v) is 2.66. The number of carbonyl (C=O) groups excluding carboxylic acids is 3. The van der Waals surface area contributed by atoms with Gasteiger partial charge in [0.1, 0.15) is 17.4 Å². The van der Waals surface area contributed by atoms with Crippen LogP contribution in [0.15, 0.2) is 17.1 Å². The summed E-state index contributed by atoms with van der Waals surface area (Å²) < 4.78 is 0. The van der Waals surface area contributed by atoms with Gasteiger partial charge in [0.15, 0.2) is 5.96 Å². The second-order valence-electron chi connectivity index (χ2n) is 4.74. The Labute approximate surface area is 121 Å². The Kier molecular flexibility index (Phi) is 5.06. The van der Waals surface area contributed by atoms with E-state index in [-0.39, 0.29) is 23.4 Å². The number of guanidine groups is 1. The topological polar surface area (TPSA) is 169 Å². The van der Waals surface area contributed by atoms with Crippen molar-refractivity contribution in [2.24, 2.45) is 34.0 Å². The van der Waals surface area contributed by atoms with Gasteiger partial charge in [-0.15, -0.1) is 0 Å². The Morgan fingerprint density at radius 3 is 2.29 bits per heavy atom. The number of rotatable bonds is 5. The van der Waals surface area contributed by atoms with Crippen LogP contribution in [-0.4, -0.2) is 28.7 Å². The number of carbonyl (C=O) groups is 3. The molecule has 1 heterocycles. The maximum atomic E-state index is 12.0. The second-order valence-corrected chi connectivity index (χ2v) is 4.74. The highest BCUT2D eigenvalue weighted by Gasteiger charge is 2.28. The van der Waals surface area contributed by atoms with Crippen LogP contribution in [0.4, 0.5) is 5.82 Å². The number of aliphatic imine (C=N–C) groups is 1. The quantitative estimate of drug-likeness (QED) is 0.269. The number of nitrogens with zero attached hydrogens (tertiary/aromatic N) is 1. The molecule has 0 aliphatic heterocycles. The van der Waals surface area contributed by atoms with Crippen LogP contribution >= 0.6 is 0 Å². The Balaban J connectivity index is 2.83. The normalized spacial score (nSPS) is 11.8. The van der Waals surface area contributed by atoms with E-state index in [0.29, 0.717) is 0 Å². The van der Waals surface area contributed by atoms with Crippen LogP contribution in [-0.2, 0) is 9.59 Å². The van der Waals surface area contributed by atoms with Crippen molar-refractivity contribution in [3.8, 4) is 0 Å². The zero-order valence-corrected chi connectivity index (χ0v) is 11.7. The summed E-state index contributed by atoms with van der Waals surface area (Å²) in [5.74, 6) is -3.29. The van der Waals surface area contributed by atoms with Crippen molar-refractivity contribution in [2.45, 2.75) is 13.8 Å². The fourth-order valence-corrected chi connectivity index (χ4v) is 1.74.